The SMILES string of the molecule is Cc1ccc(CC(C)NC(=O)c2cn(CCN)nn2)s1. The van der Waals surface area contributed by atoms with E-state index in [0.29, 0.717) is 18.8 Å². The Morgan fingerprint density at radius 3 is 3.00 bits per heavy atom. The number of aromatic nitrogens is 3. The summed E-state index contributed by atoms with van der Waals surface area (Å²) in [5.74, 6) is -0.200. The Bertz CT molecular complexity index is 577. The van der Waals surface area contributed by atoms with Crippen LogP contribution >= 0.6 is 11.3 Å². The number of nitrogens with one attached hydrogen (secondary N) is 1. The molecule has 2 aromatic heterocycles. The first-order valence-electron chi connectivity index (χ1n) is 6.55. The number of nitrogens with zero attached hydrogens (tertiary/aromatic N) is 3. The second-order valence-corrected chi connectivity index (χ2v) is 6.12. The van der Waals surface area contributed by atoms with Crippen LogP contribution in [0.3, 0.4) is 0 Å². The standard InChI is InChI=1S/C13H19N5OS/c1-9(7-11-4-3-10(2)20-11)15-13(19)12-8-18(6-5-14)17-16-12/h3-4,8-9H,5-7,14H2,1-2H3,(H,15,19). The van der Waals surface area contributed by atoms with Crippen molar-refractivity contribution in [2.75, 3.05) is 6.54 Å². The molecule has 2 rings (SSSR count). The third-order valence-corrected chi connectivity index (χ3v) is 3.83. The average molecular weight is 293 g/mol. The van der Waals surface area contributed by atoms with Crippen molar-refractivity contribution < 1.29 is 4.79 Å². The maximum Gasteiger partial charge on any atom is 0.273 e. The van der Waals surface area contributed by atoms with Crippen molar-refractivity contribution in [1.29, 1.82) is 0 Å². The minimum Gasteiger partial charge on any atom is -0.348 e. The van der Waals surface area contributed by atoms with Crippen LogP contribution in [-0.2, 0) is 13.0 Å². The van der Waals surface area contributed by atoms with Crippen molar-refractivity contribution in [1.82, 2.24) is 20.3 Å². The fourth-order valence-corrected chi connectivity index (χ4v) is 2.91. The minimum atomic E-state index is -0.200. The lowest BCUT2D eigenvalue weighted by molar-refractivity contribution is 0.0935. The lowest BCUT2D eigenvalue weighted by Gasteiger charge is -2.11. The average Bonchev–Trinajstić information content (AvgIpc) is 2.99. The van der Waals surface area contributed by atoms with Gasteiger partial charge in [-0.15, -0.1) is 16.4 Å². The summed E-state index contributed by atoms with van der Waals surface area (Å²) in [4.78, 5) is 14.6. The highest BCUT2D eigenvalue weighted by Gasteiger charge is 2.14. The molecule has 1 amide bonds. The van der Waals surface area contributed by atoms with E-state index in [9.17, 15) is 4.79 Å². The first-order valence-corrected chi connectivity index (χ1v) is 7.36. The Morgan fingerprint density at radius 1 is 1.55 bits per heavy atom. The first kappa shape index (κ1) is 14.7. The quantitative estimate of drug-likeness (QED) is 0.831. The molecule has 0 spiro atoms. The van der Waals surface area contributed by atoms with Gasteiger partial charge in [-0.1, -0.05) is 5.21 Å². The zero-order chi connectivity index (χ0) is 14.5. The number of nitrogens with two attached hydrogens (primary N) is 1. The number of carbonyl (C=O) groups is 1. The molecule has 1 unspecified atom stereocenters. The van der Waals surface area contributed by atoms with Crippen LogP contribution in [0.15, 0.2) is 18.3 Å². The number of hydrogen-bond acceptors (Lipinski definition) is 5. The van der Waals surface area contributed by atoms with Crippen molar-refractivity contribution in [3.8, 4) is 0 Å². The van der Waals surface area contributed by atoms with Crippen LogP contribution < -0.4 is 11.1 Å². The summed E-state index contributed by atoms with van der Waals surface area (Å²) in [5, 5.41) is 10.6. The molecule has 0 bridgehead atoms. The van der Waals surface area contributed by atoms with Gasteiger partial charge in [0.15, 0.2) is 5.69 Å². The Morgan fingerprint density at radius 2 is 2.35 bits per heavy atom. The molecular formula is C13H19N5OS. The summed E-state index contributed by atoms with van der Waals surface area (Å²) in [6.07, 6.45) is 2.44. The highest BCUT2D eigenvalue weighted by atomic mass is 32.1. The van der Waals surface area contributed by atoms with Crippen molar-refractivity contribution in [3.63, 3.8) is 0 Å². The van der Waals surface area contributed by atoms with E-state index in [1.54, 1.807) is 22.2 Å². The fourth-order valence-electron chi connectivity index (χ4n) is 1.89. The van der Waals surface area contributed by atoms with Crippen LogP contribution in [0.4, 0.5) is 0 Å². The Balaban J connectivity index is 1.89. The second kappa shape index (κ2) is 6.62. The highest BCUT2D eigenvalue weighted by molar-refractivity contribution is 7.11. The summed E-state index contributed by atoms with van der Waals surface area (Å²) >= 11 is 1.75. The highest BCUT2D eigenvalue weighted by Crippen LogP contribution is 2.16. The van der Waals surface area contributed by atoms with Gasteiger partial charge in [0.25, 0.3) is 5.91 Å². The van der Waals surface area contributed by atoms with E-state index >= 15 is 0 Å². The van der Waals surface area contributed by atoms with Gasteiger partial charge in [0.1, 0.15) is 0 Å². The van der Waals surface area contributed by atoms with Crippen molar-refractivity contribution >= 4 is 17.2 Å². The predicted octanol–water partition coefficient (Wildman–Crippen LogP) is 0.968. The molecule has 1 atom stereocenters. The number of aryl methyl sites for hydroxylation is 1. The summed E-state index contributed by atoms with van der Waals surface area (Å²) in [6, 6.07) is 4.24. The van der Waals surface area contributed by atoms with E-state index in [0.717, 1.165) is 6.42 Å². The lowest BCUT2D eigenvalue weighted by Crippen LogP contribution is -2.34. The maximum atomic E-state index is 12.0. The summed E-state index contributed by atoms with van der Waals surface area (Å²) in [7, 11) is 0. The minimum absolute atomic E-state index is 0.0557. The number of hydrogen-bond donors (Lipinski definition) is 2. The number of rotatable bonds is 6. The predicted molar refractivity (Wildman–Crippen MR) is 78.8 cm³/mol. The number of amides is 1. The number of carbonyl (C=O) groups excluding carboxylic acids is 1. The molecule has 20 heavy (non-hydrogen) atoms. The molecule has 108 valence electrons. The van der Waals surface area contributed by atoms with Gasteiger partial charge < -0.3 is 11.1 Å². The molecule has 7 heteroatoms. The Hall–Kier alpha value is -1.73. The molecule has 2 aromatic rings. The summed E-state index contributed by atoms with van der Waals surface area (Å²) < 4.78 is 1.57. The lowest BCUT2D eigenvalue weighted by atomic mass is 10.2. The normalized spacial score (nSPS) is 12.3. The monoisotopic (exact) mass is 293 g/mol. The van der Waals surface area contributed by atoms with E-state index in [4.69, 9.17) is 5.73 Å². The first-order chi connectivity index (χ1) is 9.58. The third kappa shape index (κ3) is 3.88. The molecular weight excluding hydrogens is 274 g/mol. The molecule has 0 aliphatic carbocycles. The van der Waals surface area contributed by atoms with Gasteiger partial charge in [0, 0.05) is 28.8 Å². The third-order valence-electron chi connectivity index (χ3n) is 2.81. The van der Waals surface area contributed by atoms with E-state index in [-0.39, 0.29) is 11.9 Å². The smallest absolute Gasteiger partial charge is 0.273 e. The van der Waals surface area contributed by atoms with E-state index in [1.807, 2.05) is 6.92 Å². The molecule has 0 aromatic carbocycles. The molecule has 0 aliphatic rings. The summed E-state index contributed by atoms with van der Waals surface area (Å²) in [6.45, 7) is 5.09. The van der Waals surface area contributed by atoms with Crippen molar-refractivity contribution in [3.05, 3.63) is 33.8 Å². The zero-order valence-corrected chi connectivity index (χ0v) is 12.5. The van der Waals surface area contributed by atoms with Crippen molar-refractivity contribution in [2.24, 2.45) is 5.73 Å². The molecule has 0 saturated heterocycles. The van der Waals surface area contributed by atoms with Gasteiger partial charge in [-0.25, -0.2) is 0 Å². The molecule has 3 N–H and O–H groups in total. The van der Waals surface area contributed by atoms with Gasteiger partial charge in [0.05, 0.1) is 12.7 Å². The van der Waals surface area contributed by atoms with Crippen LogP contribution in [0.2, 0.25) is 0 Å². The topological polar surface area (TPSA) is 85.8 Å². The molecule has 2 heterocycles. The van der Waals surface area contributed by atoms with Crippen LogP contribution in [0.1, 0.15) is 27.2 Å². The van der Waals surface area contributed by atoms with Crippen LogP contribution in [-0.4, -0.2) is 33.5 Å². The van der Waals surface area contributed by atoms with Gasteiger partial charge in [-0.3, -0.25) is 9.48 Å². The molecule has 6 nitrogen and oxygen atoms in total. The molecule has 0 radical (unpaired) electrons. The Labute approximate surface area is 122 Å². The molecule has 0 aliphatic heterocycles. The van der Waals surface area contributed by atoms with Crippen LogP contribution in [0, 0.1) is 6.92 Å². The van der Waals surface area contributed by atoms with Gasteiger partial charge in [-0.05, 0) is 26.0 Å². The largest absolute Gasteiger partial charge is 0.348 e. The molecule has 0 saturated carbocycles. The van der Waals surface area contributed by atoms with E-state index < -0.39 is 0 Å². The van der Waals surface area contributed by atoms with E-state index in [1.165, 1.54) is 9.75 Å². The van der Waals surface area contributed by atoms with Crippen LogP contribution in [0.25, 0.3) is 0 Å². The van der Waals surface area contributed by atoms with Crippen LogP contribution in [0.5, 0.6) is 0 Å². The Kier molecular flexibility index (Phi) is 4.86. The van der Waals surface area contributed by atoms with Crippen molar-refractivity contribution in [2.45, 2.75) is 32.9 Å². The van der Waals surface area contributed by atoms with Gasteiger partial charge in [0.2, 0.25) is 0 Å². The van der Waals surface area contributed by atoms with Gasteiger partial charge in [-0.2, -0.15) is 0 Å². The van der Waals surface area contributed by atoms with Gasteiger partial charge >= 0.3 is 0 Å². The number of thiophene rings is 1. The summed E-state index contributed by atoms with van der Waals surface area (Å²) in [5.41, 5.74) is 5.75. The molecule has 0 fully saturated rings. The second-order valence-electron chi connectivity index (χ2n) is 4.75. The fraction of sp³-hybridized carbons (Fsp3) is 0.462. The van der Waals surface area contributed by atoms with E-state index in [2.05, 4.69) is 34.7 Å². The maximum absolute atomic E-state index is 12.0. The zero-order valence-electron chi connectivity index (χ0n) is 11.7.